The lowest BCUT2D eigenvalue weighted by molar-refractivity contribution is 0.0774. The smallest absolute Gasteiger partial charge is 0.256 e. The lowest BCUT2D eigenvalue weighted by Crippen LogP contribution is -2.30. The molecule has 5 heterocycles. The maximum atomic E-state index is 13.0. The summed E-state index contributed by atoms with van der Waals surface area (Å²) >= 11 is 0. The van der Waals surface area contributed by atoms with Crippen LogP contribution in [0.3, 0.4) is 0 Å². The molecule has 1 amide bonds. The first-order chi connectivity index (χ1) is 17.3. The second-order valence-corrected chi connectivity index (χ2v) is 9.90. The Hall–Kier alpha value is -4.39. The molecule has 0 bridgehead atoms. The van der Waals surface area contributed by atoms with Crippen molar-refractivity contribution in [3.8, 4) is 22.6 Å². The Morgan fingerprint density at radius 3 is 2.58 bits per heavy atom. The zero-order valence-electron chi connectivity index (χ0n) is 19.8. The highest BCUT2D eigenvalue weighted by Gasteiger charge is 2.20. The number of pyridine rings is 3. The second kappa shape index (κ2) is 9.00. The molecule has 0 spiro atoms. The van der Waals surface area contributed by atoms with Gasteiger partial charge in [0.2, 0.25) is 10.0 Å². The molecule has 0 atom stereocenters. The van der Waals surface area contributed by atoms with Crippen molar-refractivity contribution in [2.45, 2.75) is 13.8 Å². The van der Waals surface area contributed by atoms with Gasteiger partial charge in [-0.25, -0.2) is 23.4 Å². The summed E-state index contributed by atoms with van der Waals surface area (Å²) in [5.41, 5.74) is 4.23. The van der Waals surface area contributed by atoms with Gasteiger partial charge in [0, 0.05) is 42.8 Å². The maximum Gasteiger partial charge on any atom is 0.256 e. The normalized spacial score (nSPS) is 11.8. The van der Waals surface area contributed by atoms with Gasteiger partial charge < -0.3 is 9.88 Å². The van der Waals surface area contributed by atoms with Gasteiger partial charge in [0.05, 0.1) is 34.6 Å². The number of imidazole rings is 1. The minimum atomic E-state index is -3.44. The molecule has 36 heavy (non-hydrogen) atoms. The number of hydrogen-bond donors (Lipinski definition) is 3. The summed E-state index contributed by atoms with van der Waals surface area (Å²) in [5, 5.41) is 7.93. The maximum absolute atomic E-state index is 13.0. The average Bonchev–Trinajstić information content (AvgIpc) is 3.47. The predicted octanol–water partition coefficient (Wildman–Crippen LogP) is 2.81. The number of rotatable bonds is 7. The fourth-order valence-corrected chi connectivity index (χ4v) is 4.53. The zero-order valence-corrected chi connectivity index (χ0v) is 20.6. The highest BCUT2D eigenvalue weighted by molar-refractivity contribution is 7.92. The molecule has 0 aliphatic carbocycles. The third-order valence-corrected chi connectivity index (χ3v) is 6.30. The van der Waals surface area contributed by atoms with Gasteiger partial charge >= 0.3 is 0 Å². The molecule has 13 heteroatoms. The number of aromatic amines is 2. The Morgan fingerprint density at radius 2 is 1.83 bits per heavy atom. The van der Waals surface area contributed by atoms with Gasteiger partial charge in [-0.2, -0.15) is 5.10 Å². The van der Waals surface area contributed by atoms with Gasteiger partial charge in [-0.1, -0.05) is 0 Å². The third-order valence-electron chi connectivity index (χ3n) is 5.69. The molecule has 0 saturated carbocycles. The van der Waals surface area contributed by atoms with Crippen molar-refractivity contribution in [3.63, 3.8) is 0 Å². The lowest BCUT2D eigenvalue weighted by Gasteiger charge is -2.18. The topological polar surface area (TPSA) is 163 Å². The summed E-state index contributed by atoms with van der Waals surface area (Å²) in [5.74, 6) is 0.362. The van der Waals surface area contributed by atoms with Crippen LogP contribution >= 0.6 is 0 Å². The summed E-state index contributed by atoms with van der Waals surface area (Å²) in [6, 6.07) is 5.22. The SMILES string of the molecule is CCN(CC)C(=O)c1ccnc2nc(-c3[nH]nc4ncc(-c5cncc(NS(C)(=O)=O)c5)cc34)[nH]c12. The van der Waals surface area contributed by atoms with Gasteiger partial charge in [-0.15, -0.1) is 0 Å². The molecule has 0 aliphatic heterocycles. The van der Waals surface area contributed by atoms with E-state index in [2.05, 4.69) is 39.8 Å². The standard InChI is InChI=1S/C23H23N9O3S/c1-4-32(5-2)23(33)16-6-7-25-21-18(16)27-22(28-21)19-17-9-14(11-26-20(17)30-29-19)13-8-15(12-24-10-13)31-36(3,34)35/h6-12,31H,4-5H2,1-3H3,(H,25,27,28)(H,26,29,30). The number of carbonyl (C=O) groups is 1. The molecule has 5 rings (SSSR count). The van der Waals surface area contributed by atoms with Crippen LogP contribution in [-0.2, 0) is 10.0 Å². The molecular formula is C23H23N9O3S. The van der Waals surface area contributed by atoms with Crippen LogP contribution in [0.2, 0.25) is 0 Å². The Bertz CT molecular complexity index is 1700. The van der Waals surface area contributed by atoms with Crippen LogP contribution in [-0.4, -0.2) is 73.7 Å². The number of nitrogens with zero attached hydrogens (tertiary/aromatic N) is 6. The molecule has 5 aromatic rings. The number of amides is 1. The average molecular weight is 506 g/mol. The van der Waals surface area contributed by atoms with E-state index in [1.165, 1.54) is 6.20 Å². The molecule has 0 fully saturated rings. The van der Waals surface area contributed by atoms with Crippen molar-refractivity contribution in [2.75, 3.05) is 24.1 Å². The minimum absolute atomic E-state index is 0.101. The molecule has 0 radical (unpaired) electrons. The Balaban J connectivity index is 1.58. The van der Waals surface area contributed by atoms with Gasteiger partial charge in [-0.3, -0.25) is 19.6 Å². The van der Waals surface area contributed by atoms with E-state index in [0.717, 1.165) is 6.26 Å². The Kier molecular flexibility index (Phi) is 5.84. The van der Waals surface area contributed by atoms with E-state index in [0.29, 0.717) is 69.2 Å². The first-order valence-electron chi connectivity index (χ1n) is 11.2. The van der Waals surface area contributed by atoms with Gasteiger partial charge in [-0.05, 0) is 32.0 Å². The molecule has 0 unspecified atom stereocenters. The minimum Gasteiger partial charge on any atom is -0.339 e. The summed E-state index contributed by atoms with van der Waals surface area (Å²) in [7, 11) is -3.44. The Morgan fingerprint density at radius 1 is 1.06 bits per heavy atom. The van der Waals surface area contributed by atoms with Crippen LogP contribution in [0.25, 0.3) is 44.8 Å². The molecule has 0 aromatic carbocycles. The van der Waals surface area contributed by atoms with Crippen molar-refractivity contribution in [1.29, 1.82) is 0 Å². The van der Waals surface area contributed by atoms with Crippen LogP contribution < -0.4 is 4.72 Å². The van der Waals surface area contributed by atoms with Crippen LogP contribution in [0.4, 0.5) is 5.69 Å². The van der Waals surface area contributed by atoms with Crippen LogP contribution in [0, 0.1) is 0 Å². The van der Waals surface area contributed by atoms with Crippen LogP contribution in [0.5, 0.6) is 0 Å². The van der Waals surface area contributed by atoms with Gasteiger partial charge in [0.15, 0.2) is 17.1 Å². The number of nitrogens with one attached hydrogen (secondary N) is 3. The highest BCUT2D eigenvalue weighted by Crippen LogP contribution is 2.30. The largest absolute Gasteiger partial charge is 0.339 e. The second-order valence-electron chi connectivity index (χ2n) is 8.15. The number of sulfonamides is 1. The summed E-state index contributed by atoms with van der Waals surface area (Å²) in [4.78, 5) is 35.5. The molecule has 3 N–H and O–H groups in total. The van der Waals surface area contributed by atoms with E-state index >= 15 is 0 Å². The predicted molar refractivity (Wildman–Crippen MR) is 136 cm³/mol. The molecule has 5 aromatic heterocycles. The summed E-state index contributed by atoms with van der Waals surface area (Å²) < 4.78 is 25.6. The van der Waals surface area contributed by atoms with Gasteiger partial charge in [0.25, 0.3) is 5.91 Å². The first kappa shape index (κ1) is 23.4. The van der Waals surface area contributed by atoms with E-state index in [4.69, 9.17) is 0 Å². The van der Waals surface area contributed by atoms with E-state index in [1.807, 2.05) is 19.9 Å². The van der Waals surface area contributed by atoms with Crippen LogP contribution in [0.1, 0.15) is 24.2 Å². The summed E-state index contributed by atoms with van der Waals surface area (Å²) in [6.45, 7) is 5.05. The van der Waals surface area contributed by atoms with Gasteiger partial charge in [0.1, 0.15) is 5.69 Å². The fraction of sp³-hybridized carbons (Fsp3) is 0.217. The van der Waals surface area contributed by atoms with E-state index in [1.54, 1.807) is 35.6 Å². The van der Waals surface area contributed by atoms with Crippen molar-refractivity contribution >= 4 is 43.8 Å². The number of carbonyl (C=O) groups excluding carboxylic acids is 1. The number of fused-ring (bicyclic) bond motifs is 2. The molecular weight excluding hydrogens is 482 g/mol. The fourth-order valence-electron chi connectivity index (χ4n) is 3.99. The van der Waals surface area contributed by atoms with Crippen molar-refractivity contribution in [2.24, 2.45) is 0 Å². The van der Waals surface area contributed by atoms with Crippen molar-refractivity contribution < 1.29 is 13.2 Å². The summed E-state index contributed by atoms with van der Waals surface area (Å²) in [6.07, 6.45) is 7.33. The van der Waals surface area contributed by atoms with Crippen LogP contribution in [0.15, 0.2) is 43.0 Å². The van der Waals surface area contributed by atoms with E-state index < -0.39 is 10.0 Å². The zero-order chi connectivity index (χ0) is 25.4. The quantitative estimate of drug-likeness (QED) is 0.304. The van der Waals surface area contributed by atoms with E-state index in [-0.39, 0.29) is 5.91 Å². The van der Waals surface area contributed by atoms with Crippen molar-refractivity contribution in [1.82, 2.24) is 40.0 Å². The number of hydrogen-bond acceptors (Lipinski definition) is 8. The lowest BCUT2D eigenvalue weighted by atomic mass is 10.1. The number of anilines is 1. The number of aromatic nitrogens is 7. The molecule has 184 valence electrons. The molecule has 0 saturated heterocycles. The number of H-pyrrole nitrogens is 2. The first-order valence-corrected chi connectivity index (χ1v) is 13.1. The highest BCUT2D eigenvalue weighted by atomic mass is 32.2. The Labute approximate surface area is 206 Å². The molecule has 0 aliphatic rings. The van der Waals surface area contributed by atoms with Crippen molar-refractivity contribution in [3.05, 3.63) is 48.5 Å². The van der Waals surface area contributed by atoms with E-state index in [9.17, 15) is 13.2 Å². The molecule has 12 nitrogen and oxygen atoms in total. The monoisotopic (exact) mass is 505 g/mol. The third kappa shape index (κ3) is 4.35.